The van der Waals surface area contributed by atoms with Crippen LogP contribution in [0.5, 0.6) is 0 Å². The highest BCUT2D eigenvalue weighted by Crippen LogP contribution is 2.18. The summed E-state index contributed by atoms with van der Waals surface area (Å²) in [6.45, 7) is 4.15. The van der Waals surface area contributed by atoms with Crippen LogP contribution in [-0.2, 0) is 16.0 Å². The van der Waals surface area contributed by atoms with Crippen LogP contribution in [0.25, 0.3) is 0 Å². The zero-order valence-corrected chi connectivity index (χ0v) is 11.1. The number of carbonyl (C=O) groups excluding carboxylic acids is 1. The van der Waals surface area contributed by atoms with E-state index in [-0.39, 0.29) is 5.97 Å². The Kier molecular flexibility index (Phi) is 4.96. The van der Waals surface area contributed by atoms with E-state index in [0.717, 1.165) is 15.6 Å². The Morgan fingerprint density at radius 1 is 1.56 bits per heavy atom. The molecule has 0 saturated carbocycles. The zero-order chi connectivity index (χ0) is 12.1. The fourth-order valence-electron chi connectivity index (χ4n) is 1.35. The summed E-state index contributed by atoms with van der Waals surface area (Å²) in [4.78, 5) is 11.3. The first kappa shape index (κ1) is 13.2. The number of rotatable bonds is 4. The first-order valence-corrected chi connectivity index (χ1v) is 6.01. The molecule has 16 heavy (non-hydrogen) atoms. The van der Waals surface area contributed by atoms with Crippen molar-refractivity contribution in [1.82, 2.24) is 0 Å². The summed E-state index contributed by atoms with van der Waals surface area (Å²) in [6, 6.07) is 5.36. The van der Waals surface area contributed by atoms with Crippen molar-refractivity contribution in [2.45, 2.75) is 26.3 Å². The minimum atomic E-state index is -0.588. The van der Waals surface area contributed by atoms with Gasteiger partial charge >= 0.3 is 5.97 Å². The second kappa shape index (κ2) is 6.01. The van der Waals surface area contributed by atoms with Crippen LogP contribution < -0.4 is 5.73 Å². The second-order valence-electron chi connectivity index (χ2n) is 3.65. The highest BCUT2D eigenvalue weighted by atomic mass is 79.9. The van der Waals surface area contributed by atoms with Gasteiger partial charge in [0.25, 0.3) is 0 Å². The molecular formula is C12H16BrNO2. The Hall–Kier alpha value is -0.870. The van der Waals surface area contributed by atoms with Crippen molar-refractivity contribution in [1.29, 1.82) is 0 Å². The molecule has 0 saturated heterocycles. The van der Waals surface area contributed by atoms with Crippen molar-refractivity contribution >= 4 is 21.9 Å². The molecule has 3 nitrogen and oxygen atoms in total. The molecule has 2 N–H and O–H groups in total. The van der Waals surface area contributed by atoms with E-state index in [1.165, 1.54) is 0 Å². The summed E-state index contributed by atoms with van der Waals surface area (Å²) in [7, 11) is 0. The summed E-state index contributed by atoms with van der Waals surface area (Å²) in [6.07, 6.45) is 0.498. The Morgan fingerprint density at radius 3 is 2.81 bits per heavy atom. The third-order valence-electron chi connectivity index (χ3n) is 2.28. The molecule has 1 atom stereocenters. The Labute approximate surface area is 104 Å². The SMILES string of the molecule is CCOC(=O)C(N)Cc1ccc(C)c(Br)c1. The fraction of sp³-hybridized carbons (Fsp3) is 0.417. The normalized spacial score (nSPS) is 12.2. The van der Waals surface area contributed by atoms with Crippen molar-refractivity contribution in [3.05, 3.63) is 33.8 Å². The van der Waals surface area contributed by atoms with Gasteiger partial charge in [0.05, 0.1) is 6.61 Å². The van der Waals surface area contributed by atoms with Crippen LogP contribution >= 0.6 is 15.9 Å². The van der Waals surface area contributed by atoms with Crippen LogP contribution in [0, 0.1) is 6.92 Å². The van der Waals surface area contributed by atoms with E-state index >= 15 is 0 Å². The highest BCUT2D eigenvalue weighted by molar-refractivity contribution is 9.10. The molecule has 1 unspecified atom stereocenters. The van der Waals surface area contributed by atoms with Gasteiger partial charge in [-0.1, -0.05) is 28.1 Å². The lowest BCUT2D eigenvalue weighted by Crippen LogP contribution is -2.34. The van der Waals surface area contributed by atoms with Crippen LogP contribution in [0.2, 0.25) is 0 Å². The maximum Gasteiger partial charge on any atom is 0.323 e. The Bertz CT molecular complexity index is 379. The standard InChI is InChI=1S/C12H16BrNO2/c1-3-16-12(15)11(14)7-9-5-4-8(2)10(13)6-9/h4-6,11H,3,7,14H2,1-2H3. The number of aryl methyl sites for hydroxylation is 1. The molecule has 0 amide bonds. The average Bonchev–Trinajstić information content (AvgIpc) is 2.24. The van der Waals surface area contributed by atoms with Gasteiger partial charge in [-0.25, -0.2) is 0 Å². The predicted molar refractivity (Wildman–Crippen MR) is 67.2 cm³/mol. The number of hydrogen-bond donors (Lipinski definition) is 1. The first-order chi connectivity index (χ1) is 7.54. The van der Waals surface area contributed by atoms with E-state index in [1.807, 2.05) is 25.1 Å². The molecular weight excluding hydrogens is 270 g/mol. The van der Waals surface area contributed by atoms with Gasteiger partial charge in [0, 0.05) is 4.47 Å². The van der Waals surface area contributed by atoms with Gasteiger partial charge in [-0.2, -0.15) is 0 Å². The van der Waals surface area contributed by atoms with Gasteiger partial charge in [0.1, 0.15) is 6.04 Å². The molecule has 0 aliphatic carbocycles. The van der Waals surface area contributed by atoms with Gasteiger partial charge in [-0.3, -0.25) is 4.79 Å². The summed E-state index contributed by atoms with van der Waals surface area (Å²) in [5.41, 5.74) is 7.92. The lowest BCUT2D eigenvalue weighted by Gasteiger charge is -2.11. The Morgan fingerprint density at radius 2 is 2.25 bits per heavy atom. The molecule has 0 aromatic heterocycles. The van der Waals surface area contributed by atoms with E-state index in [0.29, 0.717) is 13.0 Å². The molecule has 1 aromatic carbocycles. The number of carbonyl (C=O) groups is 1. The molecule has 1 aromatic rings. The number of benzene rings is 1. The molecule has 0 spiro atoms. The maximum atomic E-state index is 11.3. The predicted octanol–water partition coefficient (Wildman–Crippen LogP) is 2.19. The van der Waals surface area contributed by atoms with Crippen molar-refractivity contribution in [2.24, 2.45) is 5.73 Å². The minimum Gasteiger partial charge on any atom is -0.465 e. The summed E-state index contributed by atoms with van der Waals surface area (Å²) in [5, 5.41) is 0. The molecule has 0 bridgehead atoms. The number of nitrogens with two attached hydrogens (primary N) is 1. The summed E-state index contributed by atoms with van der Waals surface area (Å²) in [5.74, 6) is -0.348. The van der Waals surface area contributed by atoms with E-state index in [1.54, 1.807) is 6.92 Å². The summed E-state index contributed by atoms with van der Waals surface area (Å²) >= 11 is 3.45. The van der Waals surface area contributed by atoms with E-state index < -0.39 is 6.04 Å². The van der Waals surface area contributed by atoms with Gasteiger partial charge in [0.2, 0.25) is 0 Å². The number of hydrogen-bond acceptors (Lipinski definition) is 3. The van der Waals surface area contributed by atoms with Crippen LogP contribution in [0.1, 0.15) is 18.1 Å². The molecule has 0 radical (unpaired) electrons. The van der Waals surface area contributed by atoms with E-state index in [2.05, 4.69) is 15.9 Å². The van der Waals surface area contributed by atoms with Gasteiger partial charge in [0.15, 0.2) is 0 Å². The van der Waals surface area contributed by atoms with Crippen molar-refractivity contribution in [3.63, 3.8) is 0 Å². The van der Waals surface area contributed by atoms with Gasteiger partial charge in [-0.05, 0) is 37.5 Å². The van der Waals surface area contributed by atoms with Crippen LogP contribution in [0.3, 0.4) is 0 Å². The minimum absolute atomic E-state index is 0.348. The van der Waals surface area contributed by atoms with Crippen molar-refractivity contribution in [3.8, 4) is 0 Å². The molecule has 0 aliphatic heterocycles. The zero-order valence-electron chi connectivity index (χ0n) is 9.50. The second-order valence-corrected chi connectivity index (χ2v) is 4.50. The van der Waals surface area contributed by atoms with Crippen LogP contribution in [0.15, 0.2) is 22.7 Å². The average molecular weight is 286 g/mol. The Balaban J connectivity index is 2.66. The van der Waals surface area contributed by atoms with E-state index in [4.69, 9.17) is 10.5 Å². The number of halogens is 1. The van der Waals surface area contributed by atoms with Gasteiger partial charge in [-0.15, -0.1) is 0 Å². The highest BCUT2D eigenvalue weighted by Gasteiger charge is 2.15. The van der Waals surface area contributed by atoms with Crippen molar-refractivity contribution in [2.75, 3.05) is 6.61 Å². The maximum absolute atomic E-state index is 11.3. The molecule has 0 heterocycles. The van der Waals surface area contributed by atoms with Crippen LogP contribution in [-0.4, -0.2) is 18.6 Å². The van der Waals surface area contributed by atoms with Gasteiger partial charge < -0.3 is 10.5 Å². The molecule has 0 aliphatic rings. The molecule has 0 fully saturated rings. The fourth-order valence-corrected chi connectivity index (χ4v) is 1.78. The third-order valence-corrected chi connectivity index (χ3v) is 3.14. The lowest BCUT2D eigenvalue weighted by molar-refractivity contribution is -0.144. The topological polar surface area (TPSA) is 52.3 Å². The molecule has 88 valence electrons. The summed E-state index contributed by atoms with van der Waals surface area (Å²) < 4.78 is 5.88. The largest absolute Gasteiger partial charge is 0.465 e. The van der Waals surface area contributed by atoms with E-state index in [9.17, 15) is 4.79 Å². The molecule has 4 heteroatoms. The third kappa shape index (κ3) is 3.61. The number of ether oxygens (including phenoxy) is 1. The monoisotopic (exact) mass is 285 g/mol. The lowest BCUT2D eigenvalue weighted by atomic mass is 10.1. The van der Waals surface area contributed by atoms with Crippen molar-refractivity contribution < 1.29 is 9.53 Å². The quantitative estimate of drug-likeness (QED) is 0.863. The molecule has 1 rings (SSSR count). The first-order valence-electron chi connectivity index (χ1n) is 5.21. The van der Waals surface area contributed by atoms with Crippen LogP contribution in [0.4, 0.5) is 0 Å². The smallest absolute Gasteiger partial charge is 0.323 e. The number of esters is 1.